The van der Waals surface area contributed by atoms with E-state index < -0.39 is 0 Å². The molecular weight excluding hydrogens is 524 g/mol. The molecule has 0 atom stereocenters. The third-order valence-electron chi connectivity index (χ3n) is 5.32. The largest absolute Gasteiger partial charge is 0.490 e. The number of ether oxygens (including phenoxy) is 2. The average molecular weight is 552 g/mol. The second-order valence-electron chi connectivity index (χ2n) is 8.04. The van der Waals surface area contributed by atoms with Gasteiger partial charge in [0.05, 0.1) is 21.7 Å². The van der Waals surface area contributed by atoms with E-state index in [0.717, 1.165) is 27.7 Å². The van der Waals surface area contributed by atoms with E-state index in [1.54, 1.807) is 0 Å². The first-order valence-corrected chi connectivity index (χ1v) is 13.1. The highest BCUT2D eigenvalue weighted by atomic mass is 79.9. The van der Waals surface area contributed by atoms with Crippen LogP contribution in [0.15, 0.2) is 75.0 Å². The van der Waals surface area contributed by atoms with E-state index in [1.165, 1.54) is 22.9 Å². The van der Waals surface area contributed by atoms with Crippen LogP contribution in [0.5, 0.6) is 11.5 Å². The van der Waals surface area contributed by atoms with Crippen LogP contribution < -0.4 is 14.8 Å². The third-order valence-corrected chi connectivity index (χ3v) is 6.82. The summed E-state index contributed by atoms with van der Waals surface area (Å²) < 4.78 is 12.7. The summed E-state index contributed by atoms with van der Waals surface area (Å²) in [4.78, 5) is 17.7. The quantitative estimate of drug-likeness (QED) is 0.301. The highest BCUT2D eigenvalue weighted by molar-refractivity contribution is 9.10. The lowest BCUT2D eigenvalue weighted by Gasteiger charge is -2.15. The van der Waals surface area contributed by atoms with Crippen molar-refractivity contribution in [2.75, 3.05) is 6.61 Å². The topological polar surface area (TPSA) is 59.9 Å². The lowest BCUT2D eigenvalue weighted by molar-refractivity contribution is -0.115. The van der Waals surface area contributed by atoms with Crippen molar-refractivity contribution in [3.05, 3.63) is 92.3 Å². The molecule has 1 aliphatic heterocycles. The summed E-state index contributed by atoms with van der Waals surface area (Å²) in [6, 6.07) is 20.0. The van der Waals surface area contributed by atoms with Crippen LogP contribution in [0.25, 0.3) is 6.08 Å². The Kier molecular flexibility index (Phi) is 8.31. The first-order valence-electron chi connectivity index (χ1n) is 11.5. The van der Waals surface area contributed by atoms with E-state index in [9.17, 15) is 4.79 Å². The van der Waals surface area contributed by atoms with Crippen molar-refractivity contribution in [1.29, 1.82) is 0 Å². The maximum Gasteiger partial charge on any atom is 0.264 e. The number of nitrogens with zero attached hydrogens (tertiary/aromatic N) is 1. The summed E-state index contributed by atoms with van der Waals surface area (Å²) in [5, 5.41) is 3.41. The number of halogens is 1. The summed E-state index contributed by atoms with van der Waals surface area (Å²) in [6.45, 7) is 7.03. The second-order valence-corrected chi connectivity index (χ2v) is 9.93. The van der Waals surface area contributed by atoms with E-state index in [1.807, 2.05) is 61.5 Å². The number of amidine groups is 1. The molecule has 0 bridgehead atoms. The molecule has 1 aliphatic rings. The van der Waals surface area contributed by atoms with Crippen molar-refractivity contribution >= 4 is 50.5 Å². The predicted octanol–water partition coefficient (Wildman–Crippen LogP) is 7.19. The Hall–Kier alpha value is -3.03. The molecule has 7 heteroatoms. The fourth-order valence-corrected chi connectivity index (χ4v) is 5.00. The molecule has 0 unspecified atom stereocenters. The third kappa shape index (κ3) is 6.55. The van der Waals surface area contributed by atoms with E-state index >= 15 is 0 Å². The molecule has 180 valence electrons. The Balaban J connectivity index is 1.54. The van der Waals surface area contributed by atoms with Gasteiger partial charge in [0, 0.05) is 0 Å². The van der Waals surface area contributed by atoms with Gasteiger partial charge in [0.1, 0.15) is 6.61 Å². The van der Waals surface area contributed by atoms with E-state index in [2.05, 4.69) is 52.2 Å². The molecule has 35 heavy (non-hydrogen) atoms. The number of hydrogen-bond donors (Lipinski definition) is 1. The zero-order valence-electron chi connectivity index (χ0n) is 19.9. The molecule has 1 N–H and O–H groups in total. The Morgan fingerprint density at radius 1 is 1.03 bits per heavy atom. The average Bonchev–Trinajstić information content (AvgIpc) is 3.17. The summed E-state index contributed by atoms with van der Waals surface area (Å²) >= 11 is 4.94. The van der Waals surface area contributed by atoms with Crippen molar-refractivity contribution in [3.63, 3.8) is 0 Å². The highest BCUT2D eigenvalue weighted by Gasteiger charge is 2.24. The monoisotopic (exact) mass is 550 g/mol. The molecule has 1 saturated heterocycles. The van der Waals surface area contributed by atoms with Crippen LogP contribution in [0.4, 0.5) is 5.69 Å². The van der Waals surface area contributed by atoms with Crippen molar-refractivity contribution in [1.82, 2.24) is 5.32 Å². The maximum atomic E-state index is 12.6. The number of amides is 1. The van der Waals surface area contributed by atoms with E-state index in [4.69, 9.17) is 9.47 Å². The van der Waals surface area contributed by atoms with Crippen molar-refractivity contribution in [2.24, 2.45) is 4.99 Å². The molecule has 0 saturated carbocycles. The van der Waals surface area contributed by atoms with Crippen LogP contribution in [-0.2, 0) is 17.8 Å². The molecule has 4 rings (SSSR count). The number of thioether (sulfide) groups is 1. The van der Waals surface area contributed by atoms with Crippen molar-refractivity contribution < 1.29 is 14.3 Å². The molecule has 0 aliphatic carbocycles. The fraction of sp³-hybridized carbons (Fsp3) is 0.214. The van der Waals surface area contributed by atoms with Gasteiger partial charge >= 0.3 is 0 Å². The number of hydrogen-bond acceptors (Lipinski definition) is 5. The zero-order valence-corrected chi connectivity index (χ0v) is 22.3. The van der Waals surface area contributed by atoms with Gasteiger partial charge in [-0.25, -0.2) is 4.99 Å². The molecule has 0 spiro atoms. The molecule has 1 fully saturated rings. The van der Waals surface area contributed by atoms with Crippen LogP contribution in [0, 0.1) is 6.92 Å². The number of aryl methyl sites for hydroxylation is 2. The molecule has 0 radical (unpaired) electrons. The predicted molar refractivity (Wildman–Crippen MR) is 147 cm³/mol. The van der Waals surface area contributed by atoms with Gasteiger partial charge in [0.2, 0.25) is 0 Å². The minimum absolute atomic E-state index is 0.173. The normalized spacial score (nSPS) is 15.5. The molecule has 1 heterocycles. The van der Waals surface area contributed by atoms with Gasteiger partial charge in [-0.05, 0) is 95.0 Å². The lowest BCUT2D eigenvalue weighted by Crippen LogP contribution is -2.19. The first kappa shape index (κ1) is 25.1. The van der Waals surface area contributed by atoms with Gasteiger partial charge in [0.25, 0.3) is 5.91 Å². The molecule has 0 aromatic heterocycles. The summed E-state index contributed by atoms with van der Waals surface area (Å²) in [6.07, 6.45) is 2.81. The smallest absolute Gasteiger partial charge is 0.264 e. The van der Waals surface area contributed by atoms with Crippen LogP contribution in [0.1, 0.15) is 36.1 Å². The number of nitrogens with one attached hydrogen (secondary N) is 1. The Bertz CT molecular complexity index is 1290. The van der Waals surface area contributed by atoms with E-state index in [0.29, 0.717) is 34.8 Å². The second kappa shape index (κ2) is 11.6. The Morgan fingerprint density at radius 2 is 1.83 bits per heavy atom. The van der Waals surface area contributed by atoms with Gasteiger partial charge < -0.3 is 14.8 Å². The molecule has 1 amide bonds. The molecule has 5 nitrogen and oxygen atoms in total. The minimum Gasteiger partial charge on any atom is -0.490 e. The molecule has 3 aromatic carbocycles. The number of aliphatic imine (C=N–C) groups is 1. The summed E-state index contributed by atoms with van der Waals surface area (Å²) in [5.74, 6) is 1.08. The lowest BCUT2D eigenvalue weighted by atomic mass is 10.1. The number of benzene rings is 3. The summed E-state index contributed by atoms with van der Waals surface area (Å²) in [7, 11) is 0. The van der Waals surface area contributed by atoms with Gasteiger partial charge in [-0.1, -0.05) is 48.9 Å². The van der Waals surface area contributed by atoms with Gasteiger partial charge in [0.15, 0.2) is 16.7 Å². The zero-order chi connectivity index (χ0) is 24.8. The number of carbonyl (C=O) groups excluding carboxylic acids is 1. The van der Waals surface area contributed by atoms with Crippen molar-refractivity contribution in [3.8, 4) is 11.5 Å². The maximum absolute atomic E-state index is 12.6. The van der Waals surface area contributed by atoms with Gasteiger partial charge in [-0.15, -0.1) is 0 Å². The summed E-state index contributed by atoms with van der Waals surface area (Å²) in [5.41, 5.74) is 5.16. The van der Waals surface area contributed by atoms with Crippen LogP contribution >= 0.6 is 27.7 Å². The molecular formula is C28H27BrN2O3S. The highest BCUT2D eigenvalue weighted by Crippen LogP contribution is 2.39. The van der Waals surface area contributed by atoms with Gasteiger partial charge in [-0.3, -0.25) is 4.79 Å². The number of rotatable bonds is 8. The molecule has 3 aromatic rings. The van der Waals surface area contributed by atoms with Crippen molar-refractivity contribution in [2.45, 2.75) is 33.8 Å². The Labute approximate surface area is 218 Å². The number of carbonyl (C=O) groups is 1. The van der Waals surface area contributed by atoms with Crippen LogP contribution in [-0.4, -0.2) is 17.7 Å². The van der Waals surface area contributed by atoms with Crippen LogP contribution in [0.2, 0.25) is 0 Å². The Morgan fingerprint density at radius 3 is 2.54 bits per heavy atom. The standard InChI is InChI=1S/C28H27BrN2O3S/c1-4-19-9-11-22(12-10-19)30-28-31-27(32)25(35-28)16-21-14-23(29)26(24(15-21)33-5-2)34-17-20-8-6-7-18(3)13-20/h6-16H,4-5,17H2,1-3H3,(H,30,31,32)/b25-16-. The van der Waals surface area contributed by atoms with Gasteiger partial charge in [-0.2, -0.15) is 0 Å². The fourth-order valence-electron chi connectivity index (χ4n) is 3.59. The SMILES string of the molecule is CCOc1cc(/C=C2\SC(=Nc3ccc(CC)cc3)NC2=O)cc(Br)c1OCc1cccc(C)c1. The first-order chi connectivity index (χ1) is 16.9. The van der Waals surface area contributed by atoms with E-state index in [-0.39, 0.29) is 5.91 Å². The van der Waals surface area contributed by atoms with Crippen LogP contribution in [0.3, 0.4) is 0 Å². The minimum atomic E-state index is -0.173.